The zero-order valence-corrected chi connectivity index (χ0v) is 18.6. The van der Waals surface area contributed by atoms with Crippen LogP contribution in [-0.4, -0.2) is 87.3 Å². The fourth-order valence-electron chi connectivity index (χ4n) is 3.31. The number of amides is 1. The van der Waals surface area contributed by atoms with Gasteiger partial charge in [-0.25, -0.2) is 13.2 Å². The van der Waals surface area contributed by atoms with Gasteiger partial charge in [0.15, 0.2) is 0 Å². The SMILES string of the molecule is CCN(CC)C(=O)CN1CCCN(S(=O)(=O)c2ccc(C(=O)OC)cc2Cl)CC1. The lowest BCUT2D eigenvalue weighted by Crippen LogP contribution is -2.42. The number of likely N-dealkylation sites (N-methyl/N-ethyl adjacent to an activating group) is 1. The van der Waals surface area contributed by atoms with E-state index in [1.165, 1.54) is 29.6 Å². The van der Waals surface area contributed by atoms with Gasteiger partial charge in [-0.1, -0.05) is 11.6 Å². The van der Waals surface area contributed by atoms with Crippen LogP contribution in [0, 0.1) is 0 Å². The van der Waals surface area contributed by atoms with Crippen LogP contribution >= 0.6 is 11.6 Å². The third-order valence-corrected chi connectivity index (χ3v) is 7.37. The summed E-state index contributed by atoms with van der Waals surface area (Å²) in [6, 6.07) is 4.01. The molecule has 1 aliphatic heterocycles. The minimum absolute atomic E-state index is 0.0225. The highest BCUT2D eigenvalue weighted by Gasteiger charge is 2.30. The zero-order valence-electron chi connectivity index (χ0n) is 17.1. The quantitative estimate of drug-likeness (QED) is 0.593. The van der Waals surface area contributed by atoms with Gasteiger partial charge in [-0.3, -0.25) is 9.69 Å². The van der Waals surface area contributed by atoms with Crippen molar-refractivity contribution < 1.29 is 22.7 Å². The van der Waals surface area contributed by atoms with Crippen LogP contribution < -0.4 is 0 Å². The standard InChI is InChI=1S/C19H28ClN3O5S/c1-4-22(5-2)18(24)14-21-9-6-10-23(12-11-21)29(26,27)17-8-7-15(13-16(17)20)19(25)28-3/h7-8,13H,4-6,9-12,14H2,1-3H3. The Balaban J connectivity index is 2.11. The van der Waals surface area contributed by atoms with Crippen molar-refractivity contribution in [3.63, 3.8) is 0 Å². The Morgan fingerprint density at radius 1 is 1.14 bits per heavy atom. The molecule has 0 aromatic heterocycles. The van der Waals surface area contributed by atoms with E-state index in [4.69, 9.17) is 11.6 Å². The molecule has 0 aliphatic carbocycles. The molecule has 1 amide bonds. The minimum atomic E-state index is -3.82. The summed E-state index contributed by atoms with van der Waals surface area (Å²) in [6.07, 6.45) is 0.614. The van der Waals surface area contributed by atoms with Gasteiger partial charge in [-0.2, -0.15) is 4.31 Å². The lowest BCUT2D eigenvalue weighted by Gasteiger charge is -2.25. The molecule has 0 radical (unpaired) electrons. The largest absolute Gasteiger partial charge is 0.465 e. The predicted octanol–water partition coefficient (Wildman–Crippen LogP) is 1.69. The molecule has 0 bridgehead atoms. The maximum absolute atomic E-state index is 13.1. The normalized spacial score (nSPS) is 16.3. The molecule has 1 fully saturated rings. The van der Waals surface area contributed by atoms with Crippen LogP contribution in [0.5, 0.6) is 0 Å². The van der Waals surface area contributed by atoms with Gasteiger partial charge in [0.1, 0.15) is 4.90 Å². The van der Waals surface area contributed by atoms with Crippen LogP contribution in [0.4, 0.5) is 0 Å². The first-order valence-electron chi connectivity index (χ1n) is 9.62. The first-order chi connectivity index (χ1) is 13.7. The number of carbonyl (C=O) groups is 2. The van der Waals surface area contributed by atoms with Crippen LogP contribution in [0.2, 0.25) is 5.02 Å². The Kier molecular flexibility index (Phi) is 8.45. The molecule has 0 spiro atoms. The number of esters is 1. The molecule has 1 saturated heterocycles. The number of methoxy groups -OCH3 is 1. The second-order valence-corrected chi connectivity index (χ2v) is 9.05. The summed E-state index contributed by atoms with van der Waals surface area (Å²) in [5, 5.41) is -0.0225. The first kappa shape index (κ1) is 23.6. The van der Waals surface area contributed by atoms with E-state index in [2.05, 4.69) is 4.74 Å². The molecule has 1 aromatic rings. The minimum Gasteiger partial charge on any atom is -0.465 e. The van der Waals surface area contributed by atoms with Gasteiger partial charge in [0.2, 0.25) is 15.9 Å². The van der Waals surface area contributed by atoms with Gasteiger partial charge >= 0.3 is 5.97 Å². The highest BCUT2D eigenvalue weighted by atomic mass is 35.5. The fourth-order valence-corrected chi connectivity index (χ4v) is 5.30. The second-order valence-electron chi connectivity index (χ2n) is 6.74. The van der Waals surface area contributed by atoms with Crippen molar-refractivity contribution in [1.29, 1.82) is 0 Å². The Morgan fingerprint density at radius 3 is 2.41 bits per heavy atom. The maximum Gasteiger partial charge on any atom is 0.337 e. The molecule has 162 valence electrons. The third kappa shape index (κ3) is 5.69. The smallest absolute Gasteiger partial charge is 0.337 e. The molecule has 1 heterocycles. The molecule has 1 aliphatic rings. The summed E-state index contributed by atoms with van der Waals surface area (Å²) >= 11 is 6.17. The van der Waals surface area contributed by atoms with E-state index in [1.54, 1.807) is 4.90 Å². The van der Waals surface area contributed by atoms with Crippen molar-refractivity contribution in [3.8, 4) is 0 Å². The predicted molar refractivity (Wildman–Crippen MR) is 111 cm³/mol. The number of ether oxygens (including phenoxy) is 1. The van der Waals surface area contributed by atoms with E-state index in [0.29, 0.717) is 39.1 Å². The molecule has 0 saturated carbocycles. The van der Waals surface area contributed by atoms with Crippen LogP contribution in [0.25, 0.3) is 0 Å². The highest BCUT2D eigenvalue weighted by molar-refractivity contribution is 7.89. The lowest BCUT2D eigenvalue weighted by molar-refractivity contribution is -0.132. The average Bonchev–Trinajstić information content (AvgIpc) is 2.94. The van der Waals surface area contributed by atoms with Crippen LogP contribution in [0.3, 0.4) is 0 Å². The van der Waals surface area contributed by atoms with Gasteiger partial charge in [-0.05, 0) is 45.0 Å². The van der Waals surface area contributed by atoms with Gasteiger partial charge < -0.3 is 9.64 Å². The monoisotopic (exact) mass is 445 g/mol. The van der Waals surface area contributed by atoms with E-state index in [0.717, 1.165) is 0 Å². The second kappa shape index (κ2) is 10.4. The van der Waals surface area contributed by atoms with E-state index in [9.17, 15) is 18.0 Å². The number of nitrogens with zero attached hydrogens (tertiary/aromatic N) is 3. The fraction of sp³-hybridized carbons (Fsp3) is 0.579. The van der Waals surface area contributed by atoms with Crippen molar-refractivity contribution in [2.24, 2.45) is 0 Å². The number of halogens is 1. The van der Waals surface area contributed by atoms with E-state index in [1.807, 2.05) is 18.7 Å². The average molecular weight is 446 g/mol. The van der Waals surface area contributed by atoms with Gasteiger partial charge in [0.05, 0.1) is 24.2 Å². The Morgan fingerprint density at radius 2 is 1.83 bits per heavy atom. The lowest BCUT2D eigenvalue weighted by atomic mass is 10.2. The molecule has 10 heteroatoms. The van der Waals surface area contributed by atoms with Crippen molar-refractivity contribution in [3.05, 3.63) is 28.8 Å². The van der Waals surface area contributed by atoms with Crippen LogP contribution in [0.15, 0.2) is 23.1 Å². The first-order valence-corrected chi connectivity index (χ1v) is 11.4. The Bertz CT molecular complexity index is 842. The Hall–Kier alpha value is -1.68. The van der Waals surface area contributed by atoms with Gasteiger partial charge in [0, 0.05) is 32.7 Å². The van der Waals surface area contributed by atoms with Crippen molar-refractivity contribution in [2.75, 3.05) is 52.9 Å². The summed E-state index contributed by atoms with van der Waals surface area (Å²) in [6.45, 7) is 7.19. The van der Waals surface area contributed by atoms with E-state index in [-0.39, 0.29) is 34.5 Å². The van der Waals surface area contributed by atoms with Gasteiger partial charge in [-0.15, -0.1) is 0 Å². The summed E-state index contributed by atoms with van der Waals surface area (Å²) < 4.78 is 32.2. The molecule has 2 rings (SSSR count). The molecule has 8 nitrogen and oxygen atoms in total. The number of sulfonamides is 1. The number of rotatable bonds is 7. The van der Waals surface area contributed by atoms with Crippen molar-refractivity contribution >= 4 is 33.5 Å². The topological polar surface area (TPSA) is 87.2 Å². The summed E-state index contributed by atoms with van der Waals surface area (Å²) in [5.74, 6) is -0.535. The molecule has 29 heavy (non-hydrogen) atoms. The molecule has 0 unspecified atom stereocenters. The summed E-state index contributed by atoms with van der Waals surface area (Å²) in [7, 11) is -2.57. The molecule has 0 atom stereocenters. The van der Waals surface area contributed by atoms with Crippen molar-refractivity contribution in [1.82, 2.24) is 14.1 Å². The summed E-state index contributed by atoms with van der Waals surface area (Å²) in [4.78, 5) is 27.7. The molecule has 0 N–H and O–H groups in total. The molecular weight excluding hydrogens is 418 g/mol. The van der Waals surface area contributed by atoms with Crippen molar-refractivity contribution in [2.45, 2.75) is 25.2 Å². The van der Waals surface area contributed by atoms with Gasteiger partial charge in [0.25, 0.3) is 0 Å². The molecule has 1 aromatic carbocycles. The third-order valence-electron chi connectivity index (χ3n) is 4.99. The number of hydrogen-bond acceptors (Lipinski definition) is 6. The summed E-state index contributed by atoms with van der Waals surface area (Å²) in [5.41, 5.74) is 0.188. The molecular formula is C19H28ClN3O5S. The van der Waals surface area contributed by atoms with Crippen LogP contribution in [0.1, 0.15) is 30.6 Å². The number of hydrogen-bond donors (Lipinski definition) is 0. The zero-order chi connectivity index (χ0) is 21.6. The van der Waals surface area contributed by atoms with Crippen LogP contribution in [-0.2, 0) is 19.6 Å². The number of carbonyl (C=O) groups excluding carboxylic acids is 2. The maximum atomic E-state index is 13.1. The highest BCUT2D eigenvalue weighted by Crippen LogP contribution is 2.27. The van der Waals surface area contributed by atoms with E-state index >= 15 is 0 Å². The Labute approximate surface area is 177 Å². The van der Waals surface area contributed by atoms with E-state index < -0.39 is 16.0 Å². The number of benzene rings is 1.